The summed E-state index contributed by atoms with van der Waals surface area (Å²) >= 11 is 1.36. The van der Waals surface area contributed by atoms with Crippen LogP contribution in [0.25, 0.3) is 0 Å². The van der Waals surface area contributed by atoms with Gasteiger partial charge in [0, 0.05) is 11.9 Å². The molecule has 19 heavy (non-hydrogen) atoms. The predicted octanol–water partition coefficient (Wildman–Crippen LogP) is 1.54. The zero-order valence-electron chi connectivity index (χ0n) is 10.8. The smallest absolute Gasteiger partial charge is 0.357 e. The second kappa shape index (κ2) is 6.28. The van der Waals surface area contributed by atoms with Crippen LogP contribution in [0.5, 0.6) is 0 Å². The molecule has 0 unspecified atom stereocenters. The first-order valence-corrected chi connectivity index (χ1v) is 6.85. The van der Waals surface area contributed by atoms with Crippen LogP contribution in [-0.2, 0) is 17.8 Å². The Kier molecular flexibility index (Phi) is 4.45. The van der Waals surface area contributed by atoms with Crippen LogP contribution in [0.4, 0.5) is 5.13 Å². The number of aryl methyl sites for hydroxylation is 1. The fraction of sp³-hybridized carbons (Fsp3) is 0.455. The number of esters is 1. The summed E-state index contributed by atoms with van der Waals surface area (Å²) in [5.74, 6) is 0.430. The molecule has 0 atom stereocenters. The number of aromatic nitrogens is 4. The minimum atomic E-state index is -0.400. The molecule has 0 spiro atoms. The number of rotatable bonds is 6. The van der Waals surface area contributed by atoms with Crippen molar-refractivity contribution in [1.82, 2.24) is 19.7 Å². The third-order valence-corrected chi connectivity index (χ3v) is 3.22. The molecule has 0 aromatic carbocycles. The zero-order chi connectivity index (χ0) is 13.7. The number of carbonyl (C=O) groups is 1. The Bertz CT molecular complexity index is 551. The normalized spacial score (nSPS) is 10.4. The van der Waals surface area contributed by atoms with E-state index < -0.39 is 5.97 Å². The van der Waals surface area contributed by atoms with Gasteiger partial charge in [-0.05, 0) is 13.8 Å². The summed E-state index contributed by atoms with van der Waals surface area (Å²) in [7, 11) is 0. The van der Waals surface area contributed by atoms with E-state index in [1.807, 2.05) is 11.5 Å². The monoisotopic (exact) mass is 281 g/mol. The van der Waals surface area contributed by atoms with Gasteiger partial charge in [-0.15, -0.1) is 21.5 Å². The van der Waals surface area contributed by atoms with Crippen molar-refractivity contribution in [1.29, 1.82) is 0 Å². The quantitative estimate of drug-likeness (QED) is 0.809. The Morgan fingerprint density at radius 3 is 3.11 bits per heavy atom. The third kappa shape index (κ3) is 3.28. The second-order valence-corrected chi connectivity index (χ2v) is 4.50. The summed E-state index contributed by atoms with van der Waals surface area (Å²) in [6.45, 7) is 5.47. The maximum Gasteiger partial charge on any atom is 0.357 e. The van der Waals surface area contributed by atoms with Gasteiger partial charge in [0.15, 0.2) is 16.6 Å². The standard InChI is InChI=1S/C11H15N5O2S/c1-3-16-7-13-15-9(16)5-12-11-14-8(6-19-11)10(17)18-4-2/h6-7H,3-5H2,1-2H3,(H,12,14). The molecule has 2 heterocycles. The van der Waals surface area contributed by atoms with Crippen LogP contribution in [0, 0.1) is 0 Å². The van der Waals surface area contributed by atoms with Crippen LogP contribution in [0.3, 0.4) is 0 Å². The predicted molar refractivity (Wildman–Crippen MR) is 71.1 cm³/mol. The molecule has 0 bridgehead atoms. The minimum Gasteiger partial charge on any atom is -0.461 e. The van der Waals surface area contributed by atoms with Crippen molar-refractivity contribution in [3.05, 3.63) is 23.2 Å². The highest BCUT2D eigenvalue weighted by atomic mass is 32.1. The van der Waals surface area contributed by atoms with Crippen molar-refractivity contribution >= 4 is 22.4 Å². The van der Waals surface area contributed by atoms with Gasteiger partial charge in [-0.25, -0.2) is 9.78 Å². The van der Waals surface area contributed by atoms with Crippen molar-refractivity contribution in [3.8, 4) is 0 Å². The molecule has 0 aliphatic heterocycles. The lowest BCUT2D eigenvalue weighted by Gasteiger charge is -2.03. The molecule has 0 saturated carbocycles. The van der Waals surface area contributed by atoms with Gasteiger partial charge in [0.25, 0.3) is 0 Å². The van der Waals surface area contributed by atoms with E-state index in [0.29, 0.717) is 24.0 Å². The van der Waals surface area contributed by atoms with Crippen LogP contribution < -0.4 is 5.32 Å². The van der Waals surface area contributed by atoms with Gasteiger partial charge >= 0.3 is 5.97 Å². The Labute approximate surface area is 114 Å². The molecule has 1 N–H and O–H groups in total. The second-order valence-electron chi connectivity index (χ2n) is 3.65. The van der Waals surface area contributed by atoms with Crippen LogP contribution >= 0.6 is 11.3 Å². The molecule has 2 rings (SSSR count). The molecule has 0 aliphatic carbocycles. The lowest BCUT2D eigenvalue weighted by molar-refractivity contribution is 0.0520. The van der Waals surface area contributed by atoms with E-state index in [-0.39, 0.29) is 0 Å². The van der Waals surface area contributed by atoms with Crippen LogP contribution in [0.1, 0.15) is 30.2 Å². The van der Waals surface area contributed by atoms with Gasteiger partial charge in [-0.1, -0.05) is 0 Å². The topological polar surface area (TPSA) is 81.9 Å². The van der Waals surface area contributed by atoms with Gasteiger partial charge in [0.1, 0.15) is 6.33 Å². The highest BCUT2D eigenvalue weighted by molar-refractivity contribution is 7.13. The first-order valence-electron chi connectivity index (χ1n) is 5.97. The molecule has 102 valence electrons. The number of nitrogens with zero attached hydrogens (tertiary/aromatic N) is 4. The van der Waals surface area contributed by atoms with E-state index in [2.05, 4.69) is 20.5 Å². The fourth-order valence-electron chi connectivity index (χ4n) is 1.49. The zero-order valence-corrected chi connectivity index (χ0v) is 11.6. The van der Waals surface area contributed by atoms with Gasteiger partial charge in [-0.2, -0.15) is 0 Å². The Morgan fingerprint density at radius 2 is 2.37 bits per heavy atom. The largest absolute Gasteiger partial charge is 0.461 e. The molecule has 8 heteroatoms. The lowest BCUT2D eigenvalue weighted by atomic mass is 10.5. The summed E-state index contributed by atoms with van der Waals surface area (Å²) in [5, 5.41) is 13.3. The molecule has 0 fully saturated rings. The minimum absolute atomic E-state index is 0.325. The number of hydrogen-bond acceptors (Lipinski definition) is 7. The number of nitrogens with one attached hydrogen (secondary N) is 1. The molecule has 2 aromatic rings. The molecule has 0 radical (unpaired) electrons. The van der Waals surface area contributed by atoms with E-state index in [4.69, 9.17) is 4.74 Å². The number of thiazole rings is 1. The first kappa shape index (κ1) is 13.5. The molecule has 7 nitrogen and oxygen atoms in total. The van der Waals surface area contributed by atoms with Crippen LogP contribution in [-0.4, -0.2) is 32.3 Å². The fourth-order valence-corrected chi connectivity index (χ4v) is 2.17. The number of hydrogen-bond donors (Lipinski definition) is 1. The number of carbonyl (C=O) groups excluding carboxylic acids is 1. The van der Waals surface area contributed by atoms with Gasteiger partial charge in [-0.3, -0.25) is 0 Å². The van der Waals surface area contributed by atoms with E-state index >= 15 is 0 Å². The molecule has 0 saturated heterocycles. The van der Waals surface area contributed by atoms with E-state index in [1.54, 1.807) is 18.6 Å². The average Bonchev–Trinajstić information content (AvgIpc) is 3.05. The van der Waals surface area contributed by atoms with Crippen LogP contribution in [0.2, 0.25) is 0 Å². The molecule has 2 aromatic heterocycles. The van der Waals surface area contributed by atoms with Crippen molar-refractivity contribution < 1.29 is 9.53 Å². The number of ether oxygens (including phenoxy) is 1. The summed E-state index contributed by atoms with van der Waals surface area (Å²) < 4.78 is 6.82. The van der Waals surface area contributed by atoms with Gasteiger partial charge in [0.2, 0.25) is 0 Å². The lowest BCUT2D eigenvalue weighted by Crippen LogP contribution is -2.08. The van der Waals surface area contributed by atoms with Gasteiger partial charge in [0.05, 0.1) is 13.2 Å². The Hall–Kier alpha value is -1.96. The first-order chi connectivity index (χ1) is 9.24. The Morgan fingerprint density at radius 1 is 1.53 bits per heavy atom. The summed E-state index contributed by atoms with van der Waals surface area (Å²) in [5.41, 5.74) is 0.325. The maximum absolute atomic E-state index is 11.5. The Balaban J connectivity index is 1.95. The molecular weight excluding hydrogens is 266 g/mol. The van der Waals surface area contributed by atoms with Crippen molar-refractivity contribution in [2.24, 2.45) is 0 Å². The van der Waals surface area contributed by atoms with Gasteiger partial charge < -0.3 is 14.6 Å². The maximum atomic E-state index is 11.5. The highest BCUT2D eigenvalue weighted by Crippen LogP contribution is 2.16. The SMILES string of the molecule is CCOC(=O)c1csc(NCc2nncn2CC)n1. The summed E-state index contributed by atoms with van der Waals surface area (Å²) in [6, 6.07) is 0. The van der Waals surface area contributed by atoms with Crippen molar-refractivity contribution in [2.75, 3.05) is 11.9 Å². The van der Waals surface area contributed by atoms with Crippen LogP contribution in [0.15, 0.2) is 11.7 Å². The molecule has 0 aliphatic rings. The third-order valence-electron chi connectivity index (χ3n) is 2.42. The van der Waals surface area contributed by atoms with E-state index in [9.17, 15) is 4.79 Å². The average molecular weight is 281 g/mol. The summed E-state index contributed by atoms with van der Waals surface area (Å²) in [4.78, 5) is 15.6. The summed E-state index contributed by atoms with van der Waals surface area (Å²) in [6.07, 6.45) is 1.68. The van der Waals surface area contributed by atoms with Crippen molar-refractivity contribution in [2.45, 2.75) is 26.9 Å². The van der Waals surface area contributed by atoms with Crippen molar-refractivity contribution in [3.63, 3.8) is 0 Å². The highest BCUT2D eigenvalue weighted by Gasteiger charge is 2.11. The number of anilines is 1. The van der Waals surface area contributed by atoms with E-state index in [0.717, 1.165) is 12.4 Å². The van der Waals surface area contributed by atoms with E-state index in [1.165, 1.54) is 11.3 Å². The molecular formula is C11H15N5O2S. The molecule has 0 amide bonds.